The van der Waals surface area contributed by atoms with Gasteiger partial charge in [-0.2, -0.15) is 0 Å². The van der Waals surface area contributed by atoms with Crippen molar-refractivity contribution in [2.75, 3.05) is 18.0 Å². The number of carbonyl (C=O) groups excluding carboxylic acids is 1. The van der Waals surface area contributed by atoms with Crippen molar-refractivity contribution in [3.05, 3.63) is 52.5 Å². The van der Waals surface area contributed by atoms with Crippen LogP contribution in [0.4, 0.5) is 5.13 Å². The molecule has 4 nitrogen and oxygen atoms in total. The van der Waals surface area contributed by atoms with Crippen LogP contribution in [0, 0.1) is 0 Å². The van der Waals surface area contributed by atoms with Crippen molar-refractivity contribution in [3.63, 3.8) is 0 Å². The van der Waals surface area contributed by atoms with Gasteiger partial charge in [-0.25, -0.2) is 4.98 Å². The smallest absolute Gasteiger partial charge is 0.244 e. The normalized spacial score (nSPS) is 17.8. The predicted molar refractivity (Wildman–Crippen MR) is 96.0 cm³/mol. The zero-order chi connectivity index (χ0) is 16.1. The Morgan fingerprint density at radius 1 is 1.48 bits per heavy atom. The molecule has 23 heavy (non-hydrogen) atoms. The molecular weight excluding hydrogens is 330 g/mol. The minimum atomic E-state index is -0.101. The molecule has 1 unspecified atom stereocenters. The number of hydrogen-bond donors (Lipinski definition) is 1. The summed E-state index contributed by atoms with van der Waals surface area (Å²) in [6.07, 6.45) is 7.30. The number of amides is 1. The van der Waals surface area contributed by atoms with Gasteiger partial charge in [0.2, 0.25) is 5.91 Å². The maximum Gasteiger partial charge on any atom is 0.244 e. The molecule has 1 amide bonds. The third kappa shape index (κ3) is 4.12. The van der Waals surface area contributed by atoms with E-state index in [1.54, 1.807) is 17.4 Å². The van der Waals surface area contributed by atoms with Crippen LogP contribution >= 0.6 is 22.9 Å². The first-order valence-corrected chi connectivity index (χ1v) is 8.86. The van der Waals surface area contributed by atoms with E-state index in [0.29, 0.717) is 17.6 Å². The van der Waals surface area contributed by atoms with Crippen molar-refractivity contribution in [3.8, 4) is 0 Å². The molecule has 0 spiro atoms. The van der Waals surface area contributed by atoms with E-state index in [0.717, 1.165) is 30.1 Å². The molecule has 1 fully saturated rings. The molecule has 1 aromatic heterocycles. The number of halogens is 1. The first kappa shape index (κ1) is 16.0. The number of aromatic nitrogens is 1. The number of thiazole rings is 1. The van der Waals surface area contributed by atoms with E-state index < -0.39 is 0 Å². The molecule has 0 aliphatic carbocycles. The van der Waals surface area contributed by atoms with Gasteiger partial charge in [-0.05, 0) is 30.5 Å². The highest BCUT2D eigenvalue weighted by Gasteiger charge is 2.26. The monoisotopic (exact) mass is 347 g/mol. The second kappa shape index (κ2) is 7.62. The lowest BCUT2D eigenvalue weighted by Gasteiger charge is -2.23. The van der Waals surface area contributed by atoms with Gasteiger partial charge >= 0.3 is 0 Å². The van der Waals surface area contributed by atoms with E-state index in [-0.39, 0.29) is 5.91 Å². The third-order valence-electron chi connectivity index (χ3n) is 3.87. The number of nitrogens with one attached hydrogen (secondary N) is 1. The average molecular weight is 348 g/mol. The quantitative estimate of drug-likeness (QED) is 0.841. The molecule has 2 aromatic rings. The number of rotatable bonds is 5. The molecule has 6 heteroatoms. The minimum absolute atomic E-state index is 0.101. The molecule has 1 aromatic carbocycles. The highest BCUT2D eigenvalue weighted by atomic mass is 35.5. The molecule has 0 radical (unpaired) electrons. The SMILES string of the molecule is O=C(/C=C/c1ccccc1Cl)NCC1CCCN1c1nccs1. The zero-order valence-corrected chi connectivity index (χ0v) is 14.2. The van der Waals surface area contributed by atoms with Crippen molar-refractivity contribution in [2.24, 2.45) is 0 Å². The van der Waals surface area contributed by atoms with Crippen molar-refractivity contribution in [1.82, 2.24) is 10.3 Å². The fourth-order valence-electron chi connectivity index (χ4n) is 2.71. The lowest BCUT2D eigenvalue weighted by Crippen LogP contribution is -2.39. The first-order chi connectivity index (χ1) is 11.2. The molecule has 0 saturated carbocycles. The molecule has 120 valence electrons. The number of hydrogen-bond acceptors (Lipinski definition) is 4. The molecule has 1 aliphatic rings. The van der Waals surface area contributed by atoms with Crippen LogP contribution in [0.5, 0.6) is 0 Å². The van der Waals surface area contributed by atoms with Gasteiger partial charge < -0.3 is 10.2 Å². The summed E-state index contributed by atoms with van der Waals surface area (Å²) in [7, 11) is 0. The second-order valence-electron chi connectivity index (χ2n) is 5.40. The van der Waals surface area contributed by atoms with E-state index in [1.165, 1.54) is 6.08 Å². The molecular formula is C17H18ClN3OS. The van der Waals surface area contributed by atoms with Gasteiger partial charge in [0.15, 0.2) is 5.13 Å². The van der Waals surface area contributed by atoms with Crippen LogP contribution in [0.1, 0.15) is 18.4 Å². The fourth-order valence-corrected chi connectivity index (χ4v) is 3.65. The van der Waals surface area contributed by atoms with E-state index in [4.69, 9.17) is 11.6 Å². The highest BCUT2D eigenvalue weighted by Crippen LogP contribution is 2.26. The second-order valence-corrected chi connectivity index (χ2v) is 6.68. The Bertz CT molecular complexity index is 687. The highest BCUT2D eigenvalue weighted by molar-refractivity contribution is 7.13. The Hall–Kier alpha value is -1.85. The summed E-state index contributed by atoms with van der Waals surface area (Å²) in [5, 5.41) is 6.63. The molecule has 1 atom stereocenters. The Morgan fingerprint density at radius 3 is 3.13 bits per heavy atom. The van der Waals surface area contributed by atoms with Gasteiger partial charge in [0.05, 0.1) is 0 Å². The Morgan fingerprint density at radius 2 is 2.35 bits per heavy atom. The van der Waals surface area contributed by atoms with Crippen molar-refractivity contribution < 1.29 is 4.79 Å². The largest absolute Gasteiger partial charge is 0.350 e. The van der Waals surface area contributed by atoms with Crippen molar-refractivity contribution in [1.29, 1.82) is 0 Å². The number of carbonyl (C=O) groups is 1. The topological polar surface area (TPSA) is 45.2 Å². The maximum absolute atomic E-state index is 12.0. The summed E-state index contributed by atoms with van der Waals surface area (Å²) in [5.74, 6) is -0.101. The van der Waals surface area contributed by atoms with Gasteiger partial charge in [-0.3, -0.25) is 4.79 Å². The summed E-state index contributed by atoms with van der Waals surface area (Å²) in [4.78, 5) is 18.6. The summed E-state index contributed by atoms with van der Waals surface area (Å²) in [5.41, 5.74) is 0.842. The van der Waals surface area contributed by atoms with Crippen LogP contribution in [0.15, 0.2) is 41.9 Å². The zero-order valence-electron chi connectivity index (χ0n) is 12.6. The molecule has 2 heterocycles. The van der Waals surface area contributed by atoms with Gasteiger partial charge in [0, 0.05) is 41.8 Å². The molecule has 1 saturated heterocycles. The summed E-state index contributed by atoms with van der Waals surface area (Å²) in [6, 6.07) is 7.77. The van der Waals surface area contributed by atoms with E-state index >= 15 is 0 Å². The van der Waals surface area contributed by atoms with Crippen LogP contribution in [0.25, 0.3) is 6.08 Å². The minimum Gasteiger partial charge on any atom is -0.350 e. The summed E-state index contributed by atoms with van der Waals surface area (Å²) in [6.45, 7) is 1.63. The van der Waals surface area contributed by atoms with Crippen LogP contribution in [-0.2, 0) is 4.79 Å². The molecule has 3 rings (SSSR count). The van der Waals surface area contributed by atoms with Gasteiger partial charge in [0.25, 0.3) is 0 Å². The van der Waals surface area contributed by atoms with Crippen molar-refractivity contribution >= 4 is 40.1 Å². The molecule has 1 aliphatic heterocycles. The third-order valence-corrected chi connectivity index (χ3v) is 5.03. The average Bonchev–Trinajstić information content (AvgIpc) is 3.22. The first-order valence-electron chi connectivity index (χ1n) is 7.60. The van der Waals surface area contributed by atoms with Gasteiger partial charge in [-0.1, -0.05) is 29.8 Å². The van der Waals surface area contributed by atoms with Crippen LogP contribution in [0.3, 0.4) is 0 Å². The number of benzene rings is 1. The van der Waals surface area contributed by atoms with Crippen LogP contribution in [-0.4, -0.2) is 30.0 Å². The number of nitrogens with zero attached hydrogens (tertiary/aromatic N) is 2. The molecule has 0 bridgehead atoms. The lowest BCUT2D eigenvalue weighted by atomic mass is 10.2. The Balaban J connectivity index is 1.54. The van der Waals surface area contributed by atoms with Crippen LogP contribution < -0.4 is 10.2 Å². The van der Waals surface area contributed by atoms with Crippen LogP contribution in [0.2, 0.25) is 5.02 Å². The maximum atomic E-state index is 12.0. The van der Waals surface area contributed by atoms with E-state index in [1.807, 2.05) is 35.8 Å². The Kier molecular flexibility index (Phi) is 5.31. The van der Waals surface area contributed by atoms with E-state index in [9.17, 15) is 4.79 Å². The number of anilines is 1. The predicted octanol–water partition coefficient (Wildman–Crippen LogP) is 3.59. The van der Waals surface area contributed by atoms with E-state index in [2.05, 4.69) is 15.2 Å². The van der Waals surface area contributed by atoms with Gasteiger partial charge in [0.1, 0.15) is 0 Å². The standard InChI is InChI=1S/C17H18ClN3OS/c18-15-6-2-1-4-13(15)7-8-16(22)20-12-14-5-3-10-21(14)17-19-9-11-23-17/h1-2,4,6-9,11,14H,3,5,10,12H2,(H,20,22)/b8-7+. The Labute approximate surface area is 144 Å². The molecule has 1 N–H and O–H groups in total. The van der Waals surface area contributed by atoms with Crippen molar-refractivity contribution in [2.45, 2.75) is 18.9 Å². The fraction of sp³-hybridized carbons (Fsp3) is 0.294. The lowest BCUT2D eigenvalue weighted by molar-refractivity contribution is -0.116. The summed E-state index contributed by atoms with van der Waals surface area (Å²) >= 11 is 7.71. The summed E-state index contributed by atoms with van der Waals surface area (Å²) < 4.78 is 0. The van der Waals surface area contributed by atoms with Gasteiger partial charge in [-0.15, -0.1) is 11.3 Å².